The predicted molar refractivity (Wildman–Crippen MR) is 45.8 cm³/mol. The van der Waals surface area contributed by atoms with Gasteiger partial charge < -0.3 is 21.7 Å². The minimum Gasteiger partial charge on any atom is -0.504 e. The van der Waals surface area contributed by atoms with Crippen LogP contribution in [0.25, 0.3) is 0 Å². The Kier molecular flexibility index (Phi) is 2.52. The third-order valence-electron chi connectivity index (χ3n) is 1.70. The van der Waals surface area contributed by atoms with Crippen molar-refractivity contribution in [3.05, 3.63) is 23.8 Å². The zero-order valence-electron chi connectivity index (χ0n) is 6.57. The summed E-state index contributed by atoms with van der Waals surface area (Å²) >= 11 is 0. The molecule has 4 nitrogen and oxygen atoms in total. The molecule has 1 aromatic rings. The molecule has 0 fully saturated rings. The average Bonchev–Trinajstić information content (AvgIpc) is 2.08. The largest absolute Gasteiger partial charge is 0.504 e. The van der Waals surface area contributed by atoms with Crippen LogP contribution in [0.15, 0.2) is 18.2 Å². The first-order valence-corrected chi connectivity index (χ1v) is 3.63. The summed E-state index contributed by atoms with van der Waals surface area (Å²) in [7, 11) is 0. The molecule has 0 heterocycles. The normalized spacial score (nSPS) is 12.8. The zero-order valence-corrected chi connectivity index (χ0v) is 6.57. The number of phenolic OH excluding ortho intramolecular Hbond substituents is 2. The summed E-state index contributed by atoms with van der Waals surface area (Å²) in [5.41, 5.74) is 11.3. The fourth-order valence-corrected chi connectivity index (χ4v) is 0.975. The van der Waals surface area contributed by atoms with Crippen molar-refractivity contribution in [3.63, 3.8) is 0 Å². The Labute approximate surface area is 70.4 Å². The van der Waals surface area contributed by atoms with Crippen LogP contribution in [-0.4, -0.2) is 16.8 Å². The molecular weight excluding hydrogens is 156 g/mol. The van der Waals surface area contributed by atoms with E-state index in [4.69, 9.17) is 16.6 Å². The van der Waals surface area contributed by atoms with Crippen LogP contribution in [0.2, 0.25) is 0 Å². The smallest absolute Gasteiger partial charge is 0.162 e. The highest BCUT2D eigenvalue weighted by Crippen LogP contribution is 2.30. The molecule has 0 saturated heterocycles. The lowest BCUT2D eigenvalue weighted by atomic mass is 10.1. The molecule has 0 amide bonds. The third-order valence-corrected chi connectivity index (χ3v) is 1.70. The second kappa shape index (κ2) is 3.42. The molecule has 1 rings (SSSR count). The van der Waals surface area contributed by atoms with Gasteiger partial charge in [-0.15, -0.1) is 0 Å². The summed E-state index contributed by atoms with van der Waals surface area (Å²) in [5, 5.41) is 18.4. The number of benzene rings is 1. The summed E-state index contributed by atoms with van der Waals surface area (Å²) in [4.78, 5) is 0. The van der Waals surface area contributed by atoms with Crippen LogP contribution < -0.4 is 11.5 Å². The van der Waals surface area contributed by atoms with Gasteiger partial charge >= 0.3 is 0 Å². The van der Waals surface area contributed by atoms with E-state index < -0.39 is 6.04 Å². The van der Waals surface area contributed by atoms with E-state index in [1.807, 2.05) is 0 Å². The molecule has 4 heteroatoms. The SMILES string of the molecule is NC[C@H](N)c1cccc(O)c1O. The Bertz CT molecular complexity index is 276. The number of phenols is 2. The van der Waals surface area contributed by atoms with Crippen molar-refractivity contribution in [2.24, 2.45) is 11.5 Å². The highest BCUT2D eigenvalue weighted by Gasteiger charge is 2.11. The van der Waals surface area contributed by atoms with Crippen molar-refractivity contribution in [1.29, 1.82) is 0 Å². The van der Waals surface area contributed by atoms with E-state index in [0.29, 0.717) is 5.56 Å². The average molecular weight is 168 g/mol. The molecule has 0 aliphatic carbocycles. The van der Waals surface area contributed by atoms with Gasteiger partial charge in [-0.25, -0.2) is 0 Å². The van der Waals surface area contributed by atoms with Crippen molar-refractivity contribution >= 4 is 0 Å². The molecule has 1 aromatic carbocycles. The quantitative estimate of drug-likeness (QED) is 0.470. The molecule has 1 atom stereocenters. The van der Waals surface area contributed by atoms with Gasteiger partial charge in [0.15, 0.2) is 11.5 Å². The molecule has 12 heavy (non-hydrogen) atoms. The lowest BCUT2D eigenvalue weighted by Gasteiger charge is -2.11. The number of para-hydroxylation sites is 1. The Morgan fingerprint density at radius 2 is 2.00 bits per heavy atom. The zero-order chi connectivity index (χ0) is 9.14. The highest BCUT2D eigenvalue weighted by atomic mass is 16.3. The van der Waals surface area contributed by atoms with Crippen LogP contribution >= 0.6 is 0 Å². The van der Waals surface area contributed by atoms with Crippen LogP contribution in [-0.2, 0) is 0 Å². The highest BCUT2D eigenvalue weighted by molar-refractivity contribution is 5.45. The van der Waals surface area contributed by atoms with E-state index in [-0.39, 0.29) is 18.0 Å². The van der Waals surface area contributed by atoms with Crippen LogP contribution in [0.4, 0.5) is 0 Å². The fraction of sp³-hybridized carbons (Fsp3) is 0.250. The molecule has 0 radical (unpaired) electrons. The molecule has 0 spiro atoms. The summed E-state index contributed by atoms with van der Waals surface area (Å²) in [6.07, 6.45) is 0. The summed E-state index contributed by atoms with van der Waals surface area (Å²) in [6, 6.07) is 4.20. The van der Waals surface area contributed by atoms with Crippen LogP contribution in [0.5, 0.6) is 11.5 Å². The Morgan fingerprint density at radius 1 is 1.33 bits per heavy atom. The van der Waals surface area contributed by atoms with Crippen molar-refractivity contribution in [1.82, 2.24) is 0 Å². The minimum absolute atomic E-state index is 0.170. The van der Waals surface area contributed by atoms with Gasteiger partial charge in [0.25, 0.3) is 0 Å². The van der Waals surface area contributed by atoms with Crippen LogP contribution in [0.3, 0.4) is 0 Å². The van der Waals surface area contributed by atoms with Crippen LogP contribution in [0.1, 0.15) is 11.6 Å². The number of aromatic hydroxyl groups is 2. The van der Waals surface area contributed by atoms with E-state index in [0.717, 1.165) is 0 Å². The van der Waals surface area contributed by atoms with Crippen LogP contribution in [0, 0.1) is 0 Å². The van der Waals surface area contributed by atoms with E-state index in [1.54, 1.807) is 12.1 Å². The first-order chi connectivity index (χ1) is 5.66. The van der Waals surface area contributed by atoms with Gasteiger partial charge in [0.2, 0.25) is 0 Å². The maximum absolute atomic E-state index is 9.31. The molecule has 0 aliphatic heterocycles. The lowest BCUT2D eigenvalue weighted by Crippen LogP contribution is -2.20. The molecule has 0 aromatic heterocycles. The van der Waals surface area contributed by atoms with Crippen molar-refractivity contribution in [2.75, 3.05) is 6.54 Å². The van der Waals surface area contributed by atoms with Gasteiger partial charge in [-0.3, -0.25) is 0 Å². The number of rotatable bonds is 2. The van der Waals surface area contributed by atoms with E-state index in [1.165, 1.54) is 6.07 Å². The van der Waals surface area contributed by atoms with Gasteiger partial charge in [0, 0.05) is 18.2 Å². The molecule has 0 saturated carbocycles. The minimum atomic E-state index is -0.433. The number of hydrogen-bond acceptors (Lipinski definition) is 4. The van der Waals surface area contributed by atoms with Gasteiger partial charge in [-0.05, 0) is 6.07 Å². The van der Waals surface area contributed by atoms with E-state index in [2.05, 4.69) is 0 Å². The van der Waals surface area contributed by atoms with Crippen molar-refractivity contribution in [2.45, 2.75) is 6.04 Å². The van der Waals surface area contributed by atoms with Crippen molar-refractivity contribution < 1.29 is 10.2 Å². The van der Waals surface area contributed by atoms with Crippen molar-refractivity contribution in [3.8, 4) is 11.5 Å². The summed E-state index contributed by atoms with van der Waals surface area (Å²) in [6.45, 7) is 0.233. The standard InChI is InChI=1S/C8H12N2O2/c9-4-6(10)5-2-1-3-7(11)8(5)12/h1-3,6,11-12H,4,9-10H2/t6-/m0/s1. The first-order valence-electron chi connectivity index (χ1n) is 3.63. The van der Waals surface area contributed by atoms with E-state index in [9.17, 15) is 5.11 Å². The number of nitrogens with two attached hydrogens (primary N) is 2. The maximum atomic E-state index is 9.31. The number of hydrogen-bond donors (Lipinski definition) is 4. The fourth-order valence-electron chi connectivity index (χ4n) is 0.975. The molecule has 6 N–H and O–H groups in total. The van der Waals surface area contributed by atoms with E-state index >= 15 is 0 Å². The van der Waals surface area contributed by atoms with Gasteiger partial charge in [0.1, 0.15) is 0 Å². The second-order valence-electron chi connectivity index (χ2n) is 2.56. The van der Waals surface area contributed by atoms with Gasteiger partial charge in [-0.1, -0.05) is 12.1 Å². The molecular formula is C8H12N2O2. The predicted octanol–water partition coefficient (Wildman–Crippen LogP) is 0.0563. The topological polar surface area (TPSA) is 92.5 Å². The Hall–Kier alpha value is -1.26. The Balaban J connectivity index is 3.07. The maximum Gasteiger partial charge on any atom is 0.162 e. The second-order valence-corrected chi connectivity index (χ2v) is 2.56. The van der Waals surface area contributed by atoms with Gasteiger partial charge in [-0.2, -0.15) is 0 Å². The molecule has 66 valence electrons. The monoisotopic (exact) mass is 168 g/mol. The molecule has 0 unspecified atom stereocenters. The summed E-state index contributed by atoms with van der Waals surface area (Å²) in [5.74, 6) is -0.355. The molecule has 0 bridgehead atoms. The third kappa shape index (κ3) is 1.49. The Morgan fingerprint density at radius 3 is 2.58 bits per heavy atom. The lowest BCUT2D eigenvalue weighted by molar-refractivity contribution is 0.396. The molecule has 0 aliphatic rings. The first kappa shape index (κ1) is 8.83. The summed E-state index contributed by atoms with van der Waals surface area (Å²) < 4.78 is 0. The van der Waals surface area contributed by atoms with Gasteiger partial charge in [0.05, 0.1) is 0 Å².